The molecule has 19 heavy (non-hydrogen) atoms. The van der Waals surface area contributed by atoms with E-state index < -0.39 is 6.04 Å². The van der Waals surface area contributed by atoms with Gasteiger partial charge in [0.15, 0.2) is 5.75 Å². The topological polar surface area (TPSA) is 73.6 Å². The predicted octanol–water partition coefficient (Wildman–Crippen LogP) is 2.34. The van der Waals surface area contributed by atoms with Crippen molar-refractivity contribution in [2.45, 2.75) is 6.04 Å². The Bertz CT molecular complexity index is 420. The monoisotopic (exact) mass is 328 g/mol. The van der Waals surface area contributed by atoms with Gasteiger partial charge in [-0.2, -0.15) is 0 Å². The molecule has 1 aromatic carbocycles. The summed E-state index contributed by atoms with van der Waals surface area (Å²) in [6, 6.07) is 2.31. The number of hydrogen-bond acceptors (Lipinski definition) is 4. The van der Waals surface area contributed by atoms with Crippen LogP contribution in [0.15, 0.2) is 12.1 Å². The summed E-state index contributed by atoms with van der Waals surface area (Å²) < 4.78 is 9.79. The molecule has 0 saturated carbocycles. The predicted molar refractivity (Wildman–Crippen MR) is 78.7 cm³/mol. The zero-order valence-corrected chi connectivity index (χ0v) is 12.7. The Labute approximate surface area is 127 Å². The molecular formula is C11H15Cl3N2O3. The number of rotatable bonds is 5. The Hall–Kier alpha value is -0.720. The van der Waals surface area contributed by atoms with Gasteiger partial charge in [0.25, 0.3) is 0 Å². The number of hydrogen-bond donors (Lipinski definition) is 2. The largest absolute Gasteiger partial charge is 0.494 e. The minimum Gasteiger partial charge on any atom is -0.494 e. The maximum absolute atomic E-state index is 11.6. The first-order chi connectivity index (χ1) is 8.49. The molecule has 0 heterocycles. The molecule has 0 bridgehead atoms. The molecule has 0 aromatic heterocycles. The van der Waals surface area contributed by atoms with E-state index >= 15 is 0 Å². The van der Waals surface area contributed by atoms with Crippen molar-refractivity contribution in [1.82, 2.24) is 0 Å². The summed E-state index contributed by atoms with van der Waals surface area (Å²) in [4.78, 5) is 11.6. The lowest BCUT2D eigenvalue weighted by atomic mass is 10.2. The van der Waals surface area contributed by atoms with Gasteiger partial charge in [-0.25, -0.2) is 0 Å². The summed E-state index contributed by atoms with van der Waals surface area (Å²) in [5.74, 6) is -0.0216. The maximum atomic E-state index is 11.6. The van der Waals surface area contributed by atoms with E-state index in [9.17, 15) is 4.79 Å². The van der Waals surface area contributed by atoms with Gasteiger partial charge >= 0.3 is 0 Å². The van der Waals surface area contributed by atoms with E-state index in [-0.39, 0.29) is 24.9 Å². The number of carbonyl (C=O) groups is 1. The number of nitrogens with two attached hydrogens (primary N) is 1. The molecule has 0 fully saturated rings. The second-order valence-corrected chi connectivity index (χ2v) is 4.34. The normalized spacial score (nSPS) is 11.4. The quantitative estimate of drug-likeness (QED) is 0.869. The fourth-order valence-electron chi connectivity index (χ4n) is 1.32. The van der Waals surface area contributed by atoms with Crippen LogP contribution >= 0.6 is 35.6 Å². The van der Waals surface area contributed by atoms with E-state index in [0.717, 1.165) is 0 Å². The molecule has 0 aliphatic rings. The number of halogens is 3. The molecule has 1 amide bonds. The van der Waals surface area contributed by atoms with Crippen LogP contribution in [0, 0.1) is 0 Å². The Morgan fingerprint density at radius 1 is 1.37 bits per heavy atom. The molecule has 0 spiro atoms. The van der Waals surface area contributed by atoms with Crippen molar-refractivity contribution in [3.05, 3.63) is 22.2 Å². The van der Waals surface area contributed by atoms with Crippen LogP contribution in [0.1, 0.15) is 0 Å². The fraction of sp³-hybridized carbons (Fsp3) is 0.364. The summed E-state index contributed by atoms with van der Waals surface area (Å²) in [6.45, 7) is 0.128. The van der Waals surface area contributed by atoms with Gasteiger partial charge < -0.3 is 20.5 Å². The third-order valence-corrected chi connectivity index (χ3v) is 2.71. The molecule has 0 radical (unpaired) electrons. The number of carbonyl (C=O) groups excluding carboxylic acids is 1. The van der Waals surface area contributed by atoms with Gasteiger partial charge in [0.1, 0.15) is 6.04 Å². The van der Waals surface area contributed by atoms with Gasteiger partial charge in [-0.1, -0.05) is 23.2 Å². The number of anilines is 1. The van der Waals surface area contributed by atoms with Crippen LogP contribution in [0.2, 0.25) is 10.0 Å². The highest BCUT2D eigenvalue weighted by Gasteiger charge is 2.15. The van der Waals surface area contributed by atoms with Crippen LogP contribution in [0.3, 0.4) is 0 Å². The van der Waals surface area contributed by atoms with Crippen molar-refractivity contribution in [2.24, 2.45) is 5.73 Å². The summed E-state index contributed by atoms with van der Waals surface area (Å²) in [5.41, 5.74) is 6.03. The molecule has 108 valence electrons. The number of methoxy groups -OCH3 is 2. The van der Waals surface area contributed by atoms with E-state index in [2.05, 4.69) is 5.32 Å². The van der Waals surface area contributed by atoms with Crippen LogP contribution in [0.5, 0.6) is 5.75 Å². The third-order valence-electron chi connectivity index (χ3n) is 2.15. The molecule has 3 N–H and O–H groups in total. The van der Waals surface area contributed by atoms with Crippen LogP contribution in [-0.4, -0.2) is 32.8 Å². The lowest BCUT2D eigenvalue weighted by Gasteiger charge is -2.13. The van der Waals surface area contributed by atoms with Gasteiger partial charge in [-0.05, 0) is 12.1 Å². The molecule has 5 nitrogen and oxygen atoms in total. The van der Waals surface area contributed by atoms with Crippen molar-refractivity contribution in [2.75, 3.05) is 26.1 Å². The van der Waals surface area contributed by atoms with Crippen LogP contribution in [-0.2, 0) is 9.53 Å². The Morgan fingerprint density at radius 3 is 2.32 bits per heavy atom. The van der Waals surface area contributed by atoms with E-state index in [4.69, 9.17) is 38.4 Å². The summed E-state index contributed by atoms with van der Waals surface area (Å²) >= 11 is 11.9. The fourth-order valence-corrected chi connectivity index (χ4v) is 1.96. The van der Waals surface area contributed by atoms with E-state index in [0.29, 0.717) is 21.5 Å². The Balaban J connectivity index is 0.00000324. The van der Waals surface area contributed by atoms with Gasteiger partial charge in [-0.3, -0.25) is 4.79 Å². The van der Waals surface area contributed by atoms with E-state index in [1.54, 1.807) is 0 Å². The molecule has 8 heteroatoms. The number of ether oxygens (including phenoxy) is 2. The molecule has 1 aromatic rings. The highest BCUT2D eigenvalue weighted by Crippen LogP contribution is 2.35. The van der Waals surface area contributed by atoms with E-state index in [1.807, 2.05) is 0 Å². The molecule has 0 aliphatic carbocycles. The second-order valence-electron chi connectivity index (χ2n) is 3.52. The standard InChI is InChI=1S/C11H14Cl2N2O3.ClH/c1-17-5-9(14)11(16)15-6-3-7(12)10(18-2)8(13)4-6;/h3-4,9H,5,14H2,1-2H3,(H,15,16);1H. The number of benzene rings is 1. The van der Waals surface area contributed by atoms with Crippen LogP contribution in [0.25, 0.3) is 0 Å². The van der Waals surface area contributed by atoms with Crippen molar-refractivity contribution in [1.29, 1.82) is 0 Å². The number of amides is 1. The maximum Gasteiger partial charge on any atom is 0.243 e. The number of nitrogens with one attached hydrogen (secondary N) is 1. The van der Waals surface area contributed by atoms with Gasteiger partial charge in [0, 0.05) is 12.8 Å². The minimum absolute atomic E-state index is 0. The van der Waals surface area contributed by atoms with Crippen LogP contribution in [0.4, 0.5) is 5.69 Å². The van der Waals surface area contributed by atoms with Crippen molar-refractivity contribution in [3.8, 4) is 5.75 Å². The summed E-state index contributed by atoms with van der Waals surface area (Å²) in [7, 11) is 2.92. The summed E-state index contributed by atoms with van der Waals surface area (Å²) in [6.07, 6.45) is 0. The van der Waals surface area contributed by atoms with Crippen LogP contribution < -0.4 is 15.8 Å². The molecule has 0 aliphatic heterocycles. The first-order valence-corrected chi connectivity index (χ1v) is 5.83. The molecular weight excluding hydrogens is 314 g/mol. The molecule has 1 unspecified atom stereocenters. The van der Waals surface area contributed by atoms with Gasteiger partial charge in [0.05, 0.1) is 23.8 Å². The first kappa shape index (κ1) is 18.3. The first-order valence-electron chi connectivity index (χ1n) is 5.08. The van der Waals surface area contributed by atoms with Crippen molar-refractivity contribution < 1.29 is 14.3 Å². The molecule has 1 atom stereocenters. The highest BCUT2D eigenvalue weighted by molar-refractivity contribution is 6.37. The van der Waals surface area contributed by atoms with E-state index in [1.165, 1.54) is 26.4 Å². The van der Waals surface area contributed by atoms with Crippen molar-refractivity contribution in [3.63, 3.8) is 0 Å². The minimum atomic E-state index is -0.755. The highest BCUT2D eigenvalue weighted by atomic mass is 35.5. The van der Waals surface area contributed by atoms with Gasteiger partial charge in [0.2, 0.25) is 5.91 Å². The average Bonchev–Trinajstić information content (AvgIpc) is 2.28. The zero-order valence-electron chi connectivity index (χ0n) is 10.4. The lowest BCUT2D eigenvalue weighted by Crippen LogP contribution is -2.39. The molecule has 1 rings (SSSR count). The van der Waals surface area contributed by atoms with Crippen molar-refractivity contribution >= 4 is 47.2 Å². The molecule has 0 saturated heterocycles. The Morgan fingerprint density at radius 2 is 1.89 bits per heavy atom. The van der Waals surface area contributed by atoms with Gasteiger partial charge in [-0.15, -0.1) is 12.4 Å². The smallest absolute Gasteiger partial charge is 0.243 e. The second kappa shape index (κ2) is 8.45. The average molecular weight is 330 g/mol. The lowest BCUT2D eigenvalue weighted by molar-refractivity contribution is -0.118. The summed E-state index contributed by atoms with van der Waals surface area (Å²) in [5, 5.41) is 3.20. The zero-order chi connectivity index (χ0) is 13.7. The SMILES string of the molecule is COCC(N)C(=O)Nc1cc(Cl)c(OC)c(Cl)c1.Cl. The Kier molecular flexibility index (Phi) is 8.13. The third kappa shape index (κ3) is 5.04.